The minimum Gasteiger partial charge on any atom is -0.295 e. The van der Waals surface area contributed by atoms with Gasteiger partial charge in [-0.3, -0.25) is 24.2 Å². The zero-order valence-electron chi connectivity index (χ0n) is 28.2. The normalized spacial score (nSPS) is 9.88. The fraction of sp³-hybridized carbons (Fsp3) is 0.486. The van der Waals surface area contributed by atoms with Crippen molar-refractivity contribution in [1.29, 1.82) is 0 Å². The second-order valence-electron chi connectivity index (χ2n) is 10.6. The smallest absolute Gasteiger partial charge is 0.295 e. The largest absolute Gasteiger partial charge is 0.314 e. The summed E-state index contributed by atoms with van der Waals surface area (Å²) < 4.78 is 0. The Kier molecular flexibility index (Phi) is 18.1. The SMILES string of the molecule is CCN=C(C)C.CCc1cc(C)cc(CC)c1C(=O)C(=O)Cl.CCc1cc(C)cc(CC)c1C(=O)C(=O)N(C)N=C(C)C. The number of nitrogens with zero attached hydrogens (tertiary/aromatic N) is 3. The van der Waals surface area contributed by atoms with Crippen molar-refractivity contribution in [3.8, 4) is 0 Å². The molecule has 0 atom stereocenters. The van der Waals surface area contributed by atoms with E-state index in [9.17, 15) is 19.2 Å². The highest BCUT2D eigenvalue weighted by molar-refractivity contribution is 6.83. The Bertz CT molecular complexity index is 1300. The van der Waals surface area contributed by atoms with Gasteiger partial charge in [0.25, 0.3) is 11.0 Å². The van der Waals surface area contributed by atoms with Crippen LogP contribution < -0.4 is 0 Å². The average molecular weight is 612 g/mol. The fourth-order valence-corrected chi connectivity index (χ4v) is 4.69. The van der Waals surface area contributed by atoms with Crippen LogP contribution >= 0.6 is 11.6 Å². The van der Waals surface area contributed by atoms with Gasteiger partial charge in [-0.15, -0.1) is 0 Å². The van der Waals surface area contributed by atoms with Gasteiger partial charge in [-0.25, -0.2) is 5.01 Å². The van der Waals surface area contributed by atoms with Gasteiger partial charge >= 0.3 is 5.91 Å². The van der Waals surface area contributed by atoms with Gasteiger partial charge in [0.1, 0.15) is 0 Å². The number of likely N-dealkylation sites (N-methyl/N-ethyl adjacent to an activating group) is 1. The first-order valence-electron chi connectivity index (χ1n) is 14.9. The van der Waals surface area contributed by atoms with Crippen LogP contribution in [-0.2, 0) is 35.3 Å². The van der Waals surface area contributed by atoms with E-state index in [0.717, 1.165) is 82.0 Å². The molecular weight excluding hydrogens is 562 g/mol. The van der Waals surface area contributed by atoms with Gasteiger partial charge in [0.2, 0.25) is 5.78 Å². The van der Waals surface area contributed by atoms with E-state index in [4.69, 9.17) is 11.6 Å². The van der Waals surface area contributed by atoms with E-state index in [-0.39, 0.29) is 0 Å². The number of halogens is 1. The Morgan fingerprint density at radius 1 is 0.651 bits per heavy atom. The average Bonchev–Trinajstić information content (AvgIpc) is 2.94. The molecule has 2 rings (SSSR count). The Labute approximate surface area is 263 Å². The molecule has 43 heavy (non-hydrogen) atoms. The number of hydrazone groups is 1. The second kappa shape index (κ2) is 19.7. The number of benzene rings is 2. The fourth-order valence-electron chi connectivity index (χ4n) is 4.60. The van der Waals surface area contributed by atoms with Gasteiger partial charge in [-0.05, 0) is 108 Å². The summed E-state index contributed by atoms with van der Waals surface area (Å²) >= 11 is 5.27. The van der Waals surface area contributed by atoms with Crippen molar-refractivity contribution < 1.29 is 19.2 Å². The molecule has 8 heteroatoms. The molecule has 0 saturated carbocycles. The van der Waals surface area contributed by atoms with Crippen LogP contribution in [-0.4, -0.2) is 52.7 Å². The number of Topliss-reactive ketones (excluding diaryl/α,β-unsaturated/α-hetero) is 2. The summed E-state index contributed by atoms with van der Waals surface area (Å²) in [6.45, 7) is 22.4. The standard InChI is InChI=1S/C17H24N2O2.C13H15ClO2.C5H11N/c1-7-13-9-12(5)10-14(8-2)15(13)16(20)17(21)19(6)18-11(3)4;1-4-9-6-8(3)7-10(5-2)11(9)12(15)13(14)16;1-4-6-5(2)3/h9-10H,7-8H2,1-6H3;6-7H,4-5H2,1-3H3;4H2,1-3H3. The third-order valence-corrected chi connectivity index (χ3v) is 6.53. The molecule has 0 fully saturated rings. The molecule has 2 aromatic carbocycles. The first kappa shape index (κ1) is 39.5. The van der Waals surface area contributed by atoms with Crippen molar-refractivity contribution in [2.45, 2.75) is 102 Å². The van der Waals surface area contributed by atoms with Crippen molar-refractivity contribution in [1.82, 2.24) is 5.01 Å². The van der Waals surface area contributed by atoms with Crippen LogP contribution in [0.15, 0.2) is 34.4 Å². The zero-order valence-corrected chi connectivity index (χ0v) is 29.0. The summed E-state index contributed by atoms with van der Waals surface area (Å²) in [6, 6.07) is 7.83. The molecule has 7 nitrogen and oxygen atoms in total. The van der Waals surface area contributed by atoms with E-state index < -0.39 is 22.7 Å². The molecule has 1 amide bonds. The maximum Gasteiger partial charge on any atom is 0.314 e. The molecule has 0 aliphatic heterocycles. The number of amides is 1. The van der Waals surface area contributed by atoms with Crippen molar-refractivity contribution in [3.63, 3.8) is 0 Å². The summed E-state index contributed by atoms with van der Waals surface area (Å²) in [6.07, 6.45) is 2.89. The monoisotopic (exact) mass is 611 g/mol. The first-order valence-corrected chi connectivity index (χ1v) is 15.3. The molecule has 236 valence electrons. The van der Waals surface area contributed by atoms with Gasteiger partial charge < -0.3 is 0 Å². The van der Waals surface area contributed by atoms with Crippen LogP contribution in [0.2, 0.25) is 0 Å². The van der Waals surface area contributed by atoms with E-state index in [1.54, 1.807) is 13.8 Å². The van der Waals surface area contributed by atoms with Crippen molar-refractivity contribution in [2.24, 2.45) is 10.1 Å². The van der Waals surface area contributed by atoms with Crippen LogP contribution in [0.5, 0.6) is 0 Å². The number of carbonyl (C=O) groups excluding carboxylic acids is 4. The summed E-state index contributed by atoms with van der Waals surface area (Å²) in [7, 11) is 1.51. The number of aryl methyl sites for hydroxylation is 6. The highest BCUT2D eigenvalue weighted by atomic mass is 35.5. The number of ketones is 2. The third kappa shape index (κ3) is 12.8. The topological polar surface area (TPSA) is 96.2 Å². The van der Waals surface area contributed by atoms with Crippen molar-refractivity contribution >= 4 is 45.7 Å². The van der Waals surface area contributed by atoms with E-state index >= 15 is 0 Å². The highest BCUT2D eigenvalue weighted by Gasteiger charge is 2.25. The molecule has 0 aliphatic carbocycles. The molecule has 0 N–H and O–H groups in total. The number of carbonyl (C=O) groups is 4. The lowest BCUT2D eigenvalue weighted by Gasteiger charge is -2.16. The maximum absolute atomic E-state index is 12.6. The number of hydrogen-bond acceptors (Lipinski definition) is 6. The second-order valence-corrected chi connectivity index (χ2v) is 10.9. The molecular formula is C35H50ClN3O4. The highest BCUT2D eigenvalue weighted by Crippen LogP contribution is 2.22. The van der Waals surface area contributed by atoms with Gasteiger partial charge in [0, 0.05) is 36.1 Å². The van der Waals surface area contributed by atoms with Gasteiger partial charge in [0.15, 0.2) is 0 Å². The Morgan fingerprint density at radius 3 is 1.23 bits per heavy atom. The summed E-state index contributed by atoms with van der Waals surface area (Å²) in [4.78, 5) is 51.6. The minimum atomic E-state index is -0.909. The maximum atomic E-state index is 12.6. The van der Waals surface area contributed by atoms with Gasteiger partial charge in [0.05, 0.1) is 0 Å². The molecule has 0 aliphatic rings. The number of rotatable bonds is 10. The molecule has 0 spiro atoms. The summed E-state index contributed by atoms with van der Waals surface area (Å²) in [5.74, 6) is -1.66. The third-order valence-electron chi connectivity index (χ3n) is 6.36. The zero-order chi connectivity index (χ0) is 33.4. The molecule has 0 saturated heterocycles. The van der Waals surface area contributed by atoms with Crippen molar-refractivity contribution in [2.75, 3.05) is 13.6 Å². The molecule has 0 radical (unpaired) electrons. The molecule has 0 bridgehead atoms. The van der Waals surface area contributed by atoms with Crippen LogP contribution in [0.4, 0.5) is 0 Å². The van der Waals surface area contributed by atoms with E-state index in [1.165, 1.54) is 7.05 Å². The summed E-state index contributed by atoms with van der Waals surface area (Å²) in [5.41, 5.74) is 8.81. The predicted molar refractivity (Wildman–Crippen MR) is 180 cm³/mol. The van der Waals surface area contributed by atoms with Gasteiger partial charge in [-0.2, -0.15) is 5.10 Å². The van der Waals surface area contributed by atoms with Crippen LogP contribution in [0.3, 0.4) is 0 Å². The van der Waals surface area contributed by atoms with Gasteiger partial charge in [-0.1, -0.05) is 63.1 Å². The lowest BCUT2D eigenvalue weighted by atomic mass is 9.92. The van der Waals surface area contributed by atoms with Crippen LogP contribution in [0.25, 0.3) is 0 Å². The molecule has 0 unspecified atom stereocenters. The lowest BCUT2D eigenvalue weighted by Crippen LogP contribution is -2.31. The molecule has 0 aromatic heterocycles. The van der Waals surface area contributed by atoms with E-state index in [1.807, 2.05) is 86.6 Å². The van der Waals surface area contributed by atoms with Crippen molar-refractivity contribution in [3.05, 3.63) is 68.8 Å². The first-order chi connectivity index (χ1) is 20.1. The van der Waals surface area contributed by atoms with E-state index in [2.05, 4.69) is 10.1 Å². The van der Waals surface area contributed by atoms with Crippen LogP contribution in [0.1, 0.15) is 116 Å². The molecule has 2 aromatic rings. The quantitative estimate of drug-likeness (QED) is 0.0903. The Hall–Kier alpha value is -3.45. The number of hydrogen-bond donors (Lipinski definition) is 0. The molecule has 0 heterocycles. The van der Waals surface area contributed by atoms with Crippen LogP contribution in [0, 0.1) is 13.8 Å². The van der Waals surface area contributed by atoms with E-state index in [0.29, 0.717) is 11.1 Å². The Balaban J connectivity index is 0.000000707. The number of aliphatic imine (C=N–C) groups is 1. The lowest BCUT2D eigenvalue weighted by molar-refractivity contribution is -0.125. The Morgan fingerprint density at radius 2 is 1.00 bits per heavy atom. The predicted octanol–water partition coefficient (Wildman–Crippen LogP) is 7.71. The minimum absolute atomic E-state index is 0.476. The summed E-state index contributed by atoms with van der Waals surface area (Å²) in [5, 5.41) is 4.24.